The van der Waals surface area contributed by atoms with Gasteiger partial charge in [0, 0.05) is 6.54 Å². The normalized spacial score (nSPS) is 29.0. The number of carbonyl (C=O) groups is 1. The van der Waals surface area contributed by atoms with Crippen molar-refractivity contribution in [1.82, 2.24) is 10.2 Å². The van der Waals surface area contributed by atoms with Crippen molar-refractivity contribution >= 4 is 5.91 Å². The number of nitrogens with one attached hydrogen (secondary N) is 1. The molecule has 1 saturated heterocycles. The second-order valence-electron chi connectivity index (χ2n) is 4.56. The van der Waals surface area contributed by atoms with Crippen LogP contribution in [0, 0.1) is 11.8 Å². The Balaban J connectivity index is 1.97. The summed E-state index contributed by atoms with van der Waals surface area (Å²) >= 11 is 0. The minimum atomic E-state index is 0.283. The summed E-state index contributed by atoms with van der Waals surface area (Å²) in [7, 11) is 0. The molecule has 0 aromatic carbocycles. The Bertz CT molecular complexity index is 211. The van der Waals surface area contributed by atoms with E-state index in [9.17, 15) is 4.79 Å². The topological polar surface area (TPSA) is 32.3 Å². The molecule has 0 spiro atoms. The molecule has 2 aliphatic rings. The van der Waals surface area contributed by atoms with E-state index < -0.39 is 0 Å². The average Bonchev–Trinajstić information content (AvgIpc) is 2.78. The lowest BCUT2D eigenvalue weighted by Gasteiger charge is -2.27. The summed E-state index contributed by atoms with van der Waals surface area (Å²) in [4.78, 5) is 13.5. The monoisotopic (exact) mass is 182 g/mol. The molecule has 2 fully saturated rings. The number of nitrogens with zero attached hydrogens (tertiary/aromatic N) is 1. The molecule has 2 rings (SSSR count). The first-order valence-corrected chi connectivity index (χ1v) is 5.21. The van der Waals surface area contributed by atoms with Crippen LogP contribution in [0.2, 0.25) is 0 Å². The third kappa shape index (κ3) is 1.85. The van der Waals surface area contributed by atoms with Gasteiger partial charge in [0.25, 0.3) is 0 Å². The number of rotatable bonds is 3. The van der Waals surface area contributed by atoms with Gasteiger partial charge in [-0.15, -0.1) is 0 Å². The zero-order valence-electron chi connectivity index (χ0n) is 8.42. The van der Waals surface area contributed by atoms with Gasteiger partial charge in [-0.2, -0.15) is 0 Å². The number of carbonyl (C=O) groups excluding carboxylic acids is 1. The van der Waals surface area contributed by atoms with Crippen LogP contribution in [-0.4, -0.2) is 30.1 Å². The van der Waals surface area contributed by atoms with Gasteiger partial charge < -0.3 is 4.90 Å². The molecule has 0 aromatic heterocycles. The van der Waals surface area contributed by atoms with Crippen LogP contribution in [0.4, 0.5) is 0 Å². The van der Waals surface area contributed by atoms with Crippen LogP contribution in [0.5, 0.6) is 0 Å². The third-order valence-electron chi connectivity index (χ3n) is 2.90. The largest absolute Gasteiger partial charge is 0.326 e. The minimum Gasteiger partial charge on any atom is -0.326 e. The second kappa shape index (κ2) is 3.29. The van der Waals surface area contributed by atoms with Gasteiger partial charge in [0.15, 0.2) is 0 Å². The van der Waals surface area contributed by atoms with Crippen LogP contribution in [0.1, 0.15) is 26.7 Å². The Morgan fingerprint density at radius 2 is 2.23 bits per heavy atom. The highest BCUT2D eigenvalue weighted by molar-refractivity contribution is 5.80. The Hall–Kier alpha value is -0.570. The maximum absolute atomic E-state index is 11.5. The van der Waals surface area contributed by atoms with E-state index in [0.717, 1.165) is 12.5 Å². The van der Waals surface area contributed by atoms with Gasteiger partial charge in [-0.1, -0.05) is 13.8 Å². The Labute approximate surface area is 79.5 Å². The first-order chi connectivity index (χ1) is 6.18. The van der Waals surface area contributed by atoms with E-state index in [1.54, 1.807) is 0 Å². The van der Waals surface area contributed by atoms with Crippen LogP contribution in [0.15, 0.2) is 0 Å². The molecule has 3 heteroatoms. The van der Waals surface area contributed by atoms with E-state index in [2.05, 4.69) is 19.2 Å². The SMILES string of the molecule is CC(C)C1NCC(=O)N1CC1CC1. The van der Waals surface area contributed by atoms with Crippen LogP contribution < -0.4 is 5.32 Å². The van der Waals surface area contributed by atoms with Gasteiger partial charge in [-0.25, -0.2) is 0 Å². The summed E-state index contributed by atoms with van der Waals surface area (Å²) in [6.07, 6.45) is 2.91. The first-order valence-electron chi connectivity index (χ1n) is 5.21. The zero-order valence-corrected chi connectivity index (χ0v) is 8.42. The van der Waals surface area contributed by atoms with E-state index in [1.807, 2.05) is 4.90 Å². The molecule has 1 N–H and O–H groups in total. The Kier molecular flexibility index (Phi) is 2.28. The van der Waals surface area contributed by atoms with Crippen molar-refractivity contribution < 1.29 is 4.79 Å². The average molecular weight is 182 g/mol. The summed E-state index contributed by atoms with van der Waals surface area (Å²) in [5.74, 6) is 1.60. The molecule has 1 atom stereocenters. The summed E-state index contributed by atoms with van der Waals surface area (Å²) < 4.78 is 0. The summed E-state index contributed by atoms with van der Waals surface area (Å²) in [5.41, 5.74) is 0. The van der Waals surface area contributed by atoms with Crippen molar-refractivity contribution in [2.45, 2.75) is 32.9 Å². The molecule has 1 amide bonds. The highest BCUT2D eigenvalue weighted by Crippen LogP contribution is 2.31. The molecule has 1 aliphatic heterocycles. The van der Waals surface area contributed by atoms with Crippen LogP contribution in [-0.2, 0) is 4.79 Å². The van der Waals surface area contributed by atoms with E-state index in [1.165, 1.54) is 12.8 Å². The molecular weight excluding hydrogens is 164 g/mol. The van der Waals surface area contributed by atoms with Gasteiger partial charge in [-0.05, 0) is 24.7 Å². The number of hydrogen-bond acceptors (Lipinski definition) is 2. The first kappa shape index (κ1) is 9.00. The maximum Gasteiger partial charge on any atom is 0.237 e. The molecule has 0 bridgehead atoms. The van der Waals surface area contributed by atoms with Gasteiger partial charge in [0.1, 0.15) is 0 Å². The lowest BCUT2D eigenvalue weighted by atomic mass is 10.1. The van der Waals surface area contributed by atoms with E-state index in [-0.39, 0.29) is 12.1 Å². The van der Waals surface area contributed by atoms with Crippen molar-refractivity contribution in [3.63, 3.8) is 0 Å². The predicted octanol–water partition coefficient (Wildman–Crippen LogP) is 0.810. The highest BCUT2D eigenvalue weighted by Gasteiger charge is 2.36. The van der Waals surface area contributed by atoms with Crippen molar-refractivity contribution in [1.29, 1.82) is 0 Å². The fourth-order valence-electron chi connectivity index (χ4n) is 1.95. The van der Waals surface area contributed by atoms with Gasteiger partial charge in [0.05, 0.1) is 12.7 Å². The zero-order chi connectivity index (χ0) is 9.42. The molecule has 0 radical (unpaired) electrons. The van der Waals surface area contributed by atoms with Crippen molar-refractivity contribution in [3.05, 3.63) is 0 Å². The molecular formula is C10H18N2O. The lowest BCUT2D eigenvalue weighted by Crippen LogP contribution is -2.42. The fourth-order valence-corrected chi connectivity index (χ4v) is 1.95. The van der Waals surface area contributed by atoms with Crippen LogP contribution in [0.25, 0.3) is 0 Å². The molecule has 3 nitrogen and oxygen atoms in total. The van der Waals surface area contributed by atoms with E-state index in [4.69, 9.17) is 0 Å². The molecule has 1 aliphatic carbocycles. The minimum absolute atomic E-state index is 0.283. The smallest absolute Gasteiger partial charge is 0.237 e. The van der Waals surface area contributed by atoms with Crippen LogP contribution in [0.3, 0.4) is 0 Å². The maximum atomic E-state index is 11.5. The van der Waals surface area contributed by atoms with Gasteiger partial charge >= 0.3 is 0 Å². The van der Waals surface area contributed by atoms with E-state index >= 15 is 0 Å². The van der Waals surface area contributed by atoms with E-state index in [0.29, 0.717) is 12.5 Å². The standard InChI is InChI=1S/C10H18N2O/c1-7(2)10-11-5-9(13)12(10)6-8-3-4-8/h7-8,10-11H,3-6H2,1-2H3. The second-order valence-corrected chi connectivity index (χ2v) is 4.56. The number of hydrogen-bond donors (Lipinski definition) is 1. The molecule has 13 heavy (non-hydrogen) atoms. The van der Waals surface area contributed by atoms with Gasteiger partial charge in [-0.3, -0.25) is 10.1 Å². The quantitative estimate of drug-likeness (QED) is 0.700. The molecule has 0 aromatic rings. The summed E-state index contributed by atoms with van der Waals surface area (Å²) in [6, 6.07) is 0. The van der Waals surface area contributed by atoms with Crippen molar-refractivity contribution in [2.24, 2.45) is 11.8 Å². The molecule has 1 heterocycles. The predicted molar refractivity (Wildman–Crippen MR) is 51.1 cm³/mol. The molecule has 74 valence electrons. The Morgan fingerprint density at radius 1 is 1.54 bits per heavy atom. The molecule has 1 unspecified atom stereocenters. The summed E-state index contributed by atoms with van der Waals surface area (Å²) in [6.45, 7) is 5.84. The number of amides is 1. The van der Waals surface area contributed by atoms with Gasteiger partial charge in [0.2, 0.25) is 5.91 Å². The third-order valence-corrected chi connectivity index (χ3v) is 2.90. The Morgan fingerprint density at radius 3 is 2.77 bits per heavy atom. The highest BCUT2D eigenvalue weighted by atomic mass is 16.2. The molecule has 1 saturated carbocycles. The lowest BCUT2D eigenvalue weighted by molar-refractivity contribution is -0.128. The van der Waals surface area contributed by atoms with Crippen LogP contribution >= 0.6 is 0 Å². The van der Waals surface area contributed by atoms with Crippen molar-refractivity contribution in [2.75, 3.05) is 13.1 Å². The fraction of sp³-hybridized carbons (Fsp3) is 0.900. The summed E-state index contributed by atoms with van der Waals surface area (Å²) in [5, 5.41) is 3.27. The van der Waals surface area contributed by atoms with Crippen molar-refractivity contribution in [3.8, 4) is 0 Å².